The van der Waals surface area contributed by atoms with Crippen molar-refractivity contribution < 1.29 is 23.1 Å². The Kier molecular flexibility index (Phi) is 5.31. The molecule has 4 rings (SSSR count). The molecule has 1 aromatic heterocycles. The summed E-state index contributed by atoms with van der Waals surface area (Å²) >= 11 is 1.02. The lowest BCUT2D eigenvalue weighted by atomic mass is 10.1. The van der Waals surface area contributed by atoms with Gasteiger partial charge in [0.25, 0.3) is 11.7 Å². The van der Waals surface area contributed by atoms with Gasteiger partial charge in [0.15, 0.2) is 5.82 Å². The van der Waals surface area contributed by atoms with Crippen molar-refractivity contribution >= 4 is 34.4 Å². The zero-order valence-electron chi connectivity index (χ0n) is 15.3. The molecule has 154 valence electrons. The van der Waals surface area contributed by atoms with E-state index in [0.717, 1.165) is 16.7 Å². The Bertz CT molecular complexity index is 952. The second kappa shape index (κ2) is 7.90. The molecule has 2 aliphatic heterocycles. The molecule has 1 aromatic carbocycles. The average Bonchev–Trinajstić information content (AvgIpc) is 3.02. The maximum absolute atomic E-state index is 13.5. The molecular weight excluding hydrogens is 404 g/mol. The minimum atomic E-state index is -2.64. The first-order valence-electron chi connectivity index (χ1n) is 9.05. The van der Waals surface area contributed by atoms with Gasteiger partial charge < -0.3 is 20.4 Å². The number of carbonyl (C=O) groups is 2. The van der Waals surface area contributed by atoms with Crippen LogP contribution < -0.4 is 20.7 Å². The number of amides is 2. The lowest BCUT2D eigenvalue weighted by molar-refractivity contribution is -0.116. The van der Waals surface area contributed by atoms with Gasteiger partial charge in [-0.1, -0.05) is 11.8 Å². The lowest BCUT2D eigenvalue weighted by Gasteiger charge is -2.32. The van der Waals surface area contributed by atoms with Crippen LogP contribution in [0.4, 0.5) is 25.1 Å². The smallest absolute Gasteiger partial charge is 0.287 e. The fourth-order valence-electron chi connectivity index (χ4n) is 3.39. The summed E-state index contributed by atoms with van der Waals surface area (Å²) in [6, 6.07) is 4.06. The first-order chi connectivity index (χ1) is 13.9. The lowest BCUT2D eigenvalue weighted by Crippen LogP contribution is -2.46. The van der Waals surface area contributed by atoms with Crippen LogP contribution in [0.1, 0.15) is 6.42 Å². The van der Waals surface area contributed by atoms with E-state index in [0.29, 0.717) is 41.7 Å². The van der Waals surface area contributed by atoms with E-state index in [1.807, 2.05) is 0 Å². The number of fused-ring (bicyclic) bond motifs is 3. The number of ether oxygens (including phenoxy) is 1. The van der Waals surface area contributed by atoms with Crippen molar-refractivity contribution in [3.8, 4) is 17.1 Å². The van der Waals surface area contributed by atoms with E-state index in [2.05, 4.69) is 10.3 Å². The third kappa shape index (κ3) is 3.86. The summed E-state index contributed by atoms with van der Waals surface area (Å²) in [5.41, 5.74) is 6.48. The van der Waals surface area contributed by atoms with Gasteiger partial charge in [-0.2, -0.15) is 0 Å². The third-order valence-electron chi connectivity index (χ3n) is 4.75. The van der Waals surface area contributed by atoms with Gasteiger partial charge in [-0.15, -0.1) is 0 Å². The number of rotatable bonds is 5. The molecule has 3 N–H and O–H groups in total. The number of carbonyl (C=O) groups excluding carboxylic acids is 2. The number of imidazole rings is 1. The van der Waals surface area contributed by atoms with Gasteiger partial charge in [-0.3, -0.25) is 14.5 Å². The molecule has 1 fully saturated rings. The number of hydrogen-bond acceptors (Lipinski definition) is 6. The van der Waals surface area contributed by atoms with E-state index >= 15 is 0 Å². The van der Waals surface area contributed by atoms with Crippen molar-refractivity contribution in [2.24, 2.45) is 5.73 Å². The summed E-state index contributed by atoms with van der Waals surface area (Å²) in [7, 11) is 0. The van der Waals surface area contributed by atoms with Crippen LogP contribution in [0.5, 0.6) is 5.75 Å². The highest BCUT2D eigenvalue weighted by Crippen LogP contribution is 2.37. The molecule has 1 atom stereocenters. The summed E-state index contributed by atoms with van der Waals surface area (Å²) in [5.74, 6) is 1.17. The molecule has 0 radical (unpaired) electrons. The number of halogens is 2. The largest absolute Gasteiger partial charge is 0.491 e. The average molecular weight is 423 g/mol. The second-order valence-electron chi connectivity index (χ2n) is 6.67. The number of benzene rings is 1. The topological polar surface area (TPSA) is 102 Å². The Hall–Kier alpha value is -2.82. The molecule has 1 saturated heterocycles. The number of primary amides is 1. The Morgan fingerprint density at radius 2 is 2.28 bits per heavy atom. The van der Waals surface area contributed by atoms with Gasteiger partial charge in [-0.25, -0.2) is 13.8 Å². The molecule has 0 bridgehead atoms. The maximum Gasteiger partial charge on any atom is 0.287 e. The Labute approximate surface area is 169 Å². The van der Waals surface area contributed by atoms with Gasteiger partial charge in [0.2, 0.25) is 5.91 Å². The molecule has 3 heterocycles. The number of nitrogens with two attached hydrogens (primary N) is 1. The van der Waals surface area contributed by atoms with Crippen molar-refractivity contribution in [2.45, 2.75) is 25.4 Å². The van der Waals surface area contributed by atoms with Crippen molar-refractivity contribution in [1.29, 1.82) is 0 Å². The number of anilines is 2. The van der Waals surface area contributed by atoms with Crippen molar-refractivity contribution in [1.82, 2.24) is 9.55 Å². The molecule has 29 heavy (non-hydrogen) atoms. The highest BCUT2D eigenvalue weighted by Gasteiger charge is 2.38. The highest BCUT2D eigenvalue weighted by atomic mass is 32.2. The van der Waals surface area contributed by atoms with Crippen LogP contribution in [-0.2, 0) is 11.3 Å². The summed E-state index contributed by atoms with van der Waals surface area (Å²) in [6.45, 7) is 0.785. The predicted molar refractivity (Wildman–Crippen MR) is 106 cm³/mol. The predicted octanol–water partition coefficient (Wildman–Crippen LogP) is 2.54. The summed E-state index contributed by atoms with van der Waals surface area (Å²) in [6.07, 6.45) is -0.812. The van der Waals surface area contributed by atoms with E-state index in [-0.39, 0.29) is 18.8 Å². The van der Waals surface area contributed by atoms with Gasteiger partial charge in [0, 0.05) is 23.7 Å². The van der Waals surface area contributed by atoms with E-state index in [9.17, 15) is 18.4 Å². The number of aromatic nitrogens is 2. The van der Waals surface area contributed by atoms with E-state index in [1.165, 1.54) is 0 Å². The fraction of sp³-hybridized carbons (Fsp3) is 0.389. The Morgan fingerprint density at radius 3 is 3.03 bits per heavy atom. The van der Waals surface area contributed by atoms with Crippen LogP contribution in [-0.4, -0.2) is 52.1 Å². The Balaban J connectivity index is 1.69. The molecule has 2 aromatic rings. The minimum absolute atomic E-state index is 0.0126. The molecule has 1 unspecified atom stereocenters. The van der Waals surface area contributed by atoms with Crippen LogP contribution in [0.2, 0.25) is 0 Å². The van der Waals surface area contributed by atoms with Gasteiger partial charge >= 0.3 is 0 Å². The standard InChI is InChI=1S/C18H19F2N5O3S/c19-16(20)12-3-6-29-18(27)25(12)15-9-24-4-5-28-13-7-10(22-8-14(21)26)1-2-11(13)17(24)23-15/h1-2,7,9,12,16,22H,3-6,8H2,(H2,21,26). The third-order valence-corrected chi connectivity index (χ3v) is 5.63. The fourth-order valence-corrected chi connectivity index (χ4v) is 4.29. The second-order valence-corrected chi connectivity index (χ2v) is 7.72. The van der Waals surface area contributed by atoms with Gasteiger partial charge in [-0.05, 0) is 18.6 Å². The molecular formula is C18H19F2N5O3S. The molecule has 0 spiro atoms. The number of nitrogens with zero attached hydrogens (tertiary/aromatic N) is 3. The SMILES string of the molecule is NC(=O)CNc1ccc2c(c1)OCCn1cc(N3C(=O)SCCC3C(F)F)nc1-2. The van der Waals surface area contributed by atoms with Crippen molar-refractivity contribution in [3.63, 3.8) is 0 Å². The summed E-state index contributed by atoms with van der Waals surface area (Å²) < 4.78 is 34.6. The van der Waals surface area contributed by atoms with Crippen LogP contribution >= 0.6 is 11.8 Å². The molecule has 0 saturated carbocycles. The quantitative estimate of drug-likeness (QED) is 0.766. The van der Waals surface area contributed by atoms with Crippen LogP contribution in [0.15, 0.2) is 24.4 Å². The highest BCUT2D eigenvalue weighted by molar-refractivity contribution is 8.14. The van der Waals surface area contributed by atoms with E-state index in [1.54, 1.807) is 29.0 Å². The van der Waals surface area contributed by atoms with Crippen molar-refractivity contribution in [3.05, 3.63) is 24.4 Å². The molecule has 2 amide bonds. The maximum atomic E-state index is 13.5. The van der Waals surface area contributed by atoms with Gasteiger partial charge in [0.1, 0.15) is 24.2 Å². The van der Waals surface area contributed by atoms with Gasteiger partial charge in [0.05, 0.1) is 18.7 Å². The number of thioether (sulfide) groups is 1. The minimum Gasteiger partial charge on any atom is -0.491 e. The first-order valence-corrected chi connectivity index (χ1v) is 10.0. The number of alkyl halides is 2. The molecule has 0 aliphatic carbocycles. The molecule has 2 aliphatic rings. The van der Waals surface area contributed by atoms with Crippen LogP contribution in [0, 0.1) is 0 Å². The first kappa shape index (κ1) is 19.5. The monoisotopic (exact) mass is 423 g/mol. The zero-order chi connectivity index (χ0) is 20.5. The van der Waals surface area contributed by atoms with Crippen LogP contribution in [0.3, 0.4) is 0 Å². The number of hydrogen-bond donors (Lipinski definition) is 2. The molecule has 11 heteroatoms. The zero-order valence-corrected chi connectivity index (χ0v) is 16.1. The van der Waals surface area contributed by atoms with E-state index in [4.69, 9.17) is 10.5 Å². The summed E-state index contributed by atoms with van der Waals surface area (Å²) in [4.78, 5) is 28.9. The normalized spacial score (nSPS) is 18.7. The number of nitrogens with one attached hydrogen (secondary N) is 1. The summed E-state index contributed by atoms with van der Waals surface area (Å²) in [5, 5.41) is 2.48. The van der Waals surface area contributed by atoms with E-state index < -0.39 is 23.6 Å². The Morgan fingerprint density at radius 1 is 1.45 bits per heavy atom. The van der Waals surface area contributed by atoms with Crippen molar-refractivity contribution in [2.75, 3.05) is 29.1 Å². The molecule has 8 nitrogen and oxygen atoms in total. The van der Waals surface area contributed by atoms with Crippen LogP contribution in [0.25, 0.3) is 11.4 Å².